The standard InChI is InChI=1S/C11H21NO3/c1-10(2,3)15-9(13)12-8-11(14)6-4-5-7-11/h14H,4-8H2,1-3H3,(H,12,13). The number of rotatable bonds is 2. The van der Waals surface area contributed by atoms with Crippen LogP contribution in [0.2, 0.25) is 0 Å². The minimum Gasteiger partial charge on any atom is -0.444 e. The van der Waals surface area contributed by atoms with Gasteiger partial charge in [-0.1, -0.05) is 12.8 Å². The molecule has 0 aromatic heterocycles. The largest absolute Gasteiger partial charge is 0.444 e. The van der Waals surface area contributed by atoms with E-state index in [4.69, 9.17) is 4.74 Å². The summed E-state index contributed by atoms with van der Waals surface area (Å²) in [6.45, 7) is 5.74. The molecule has 0 aromatic rings. The summed E-state index contributed by atoms with van der Waals surface area (Å²) in [5, 5.41) is 12.6. The molecule has 0 aromatic carbocycles. The van der Waals surface area contributed by atoms with Crippen LogP contribution in [0, 0.1) is 0 Å². The first kappa shape index (κ1) is 12.3. The highest BCUT2D eigenvalue weighted by atomic mass is 16.6. The summed E-state index contributed by atoms with van der Waals surface area (Å²) in [4.78, 5) is 11.3. The number of amides is 1. The fourth-order valence-corrected chi connectivity index (χ4v) is 1.76. The average molecular weight is 215 g/mol. The number of aliphatic hydroxyl groups is 1. The molecule has 88 valence electrons. The number of hydrogen-bond acceptors (Lipinski definition) is 3. The second-order valence-corrected chi connectivity index (χ2v) is 5.29. The van der Waals surface area contributed by atoms with Gasteiger partial charge in [0.05, 0.1) is 5.60 Å². The lowest BCUT2D eigenvalue weighted by molar-refractivity contribution is 0.0278. The molecule has 15 heavy (non-hydrogen) atoms. The van der Waals surface area contributed by atoms with E-state index in [-0.39, 0.29) is 0 Å². The number of carbonyl (C=O) groups excluding carboxylic acids is 1. The molecule has 2 N–H and O–H groups in total. The Labute approximate surface area is 91.0 Å². The van der Waals surface area contributed by atoms with Gasteiger partial charge in [0.25, 0.3) is 0 Å². The van der Waals surface area contributed by atoms with Crippen molar-refractivity contribution in [1.29, 1.82) is 0 Å². The molecule has 1 aliphatic rings. The Morgan fingerprint density at radius 2 is 1.93 bits per heavy atom. The van der Waals surface area contributed by atoms with E-state index in [0.717, 1.165) is 25.7 Å². The Hall–Kier alpha value is -0.770. The third kappa shape index (κ3) is 4.51. The van der Waals surface area contributed by atoms with Crippen molar-refractivity contribution in [2.24, 2.45) is 0 Å². The maximum absolute atomic E-state index is 11.3. The van der Waals surface area contributed by atoms with Crippen LogP contribution in [-0.2, 0) is 4.74 Å². The number of ether oxygens (including phenoxy) is 1. The van der Waals surface area contributed by atoms with Crippen LogP contribution in [0.1, 0.15) is 46.5 Å². The van der Waals surface area contributed by atoms with Gasteiger partial charge < -0.3 is 15.2 Å². The average Bonchev–Trinajstić information content (AvgIpc) is 2.47. The van der Waals surface area contributed by atoms with Crippen LogP contribution in [0.4, 0.5) is 4.79 Å². The molecule has 0 heterocycles. The summed E-state index contributed by atoms with van der Waals surface area (Å²) in [6, 6.07) is 0. The molecular formula is C11H21NO3. The molecule has 0 spiro atoms. The predicted octanol–water partition coefficient (Wildman–Crippen LogP) is 1.82. The normalized spacial score (nSPS) is 20.0. The van der Waals surface area contributed by atoms with Crippen LogP contribution in [0.3, 0.4) is 0 Å². The summed E-state index contributed by atoms with van der Waals surface area (Å²) in [6.07, 6.45) is 3.15. The van der Waals surface area contributed by atoms with Gasteiger partial charge >= 0.3 is 6.09 Å². The minimum atomic E-state index is -0.711. The van der Waals surface area contributed by atoms with Crippen molar-refractivity contribution in [3.05, 3.63) is 0 Å². The summed E-state index contributed by atoms with van der Waals surface area (Å²) in [5.74, 6) is 0. The van der Waals surface area contributed by atoms with Gasteiger partial charge in [-0.3, -0.25) is 0 Å². The van der Waals surface area contributed by atoms with Crippen molar-refractivity contribution in [2.45, 2.75) is 57.7 Å². The van der Waals surface area contributed by atoms with Gasteiger partial charge in [0.15, 0.2) is 0 Å². The number of alkyl carbamates (subject to hydrolysis) is 1. The van der Waals surface area contributed by atoms with Gasteiger partial charge in [0.1, 0.15) is 5.60 Å². The van der Waals surface area contributed by atoms with Gasteiger partial charge in [-0.15, -0.1) is 0 Å². The van der Waals surface area contributed by atoms with Crippen LogP contribution in [0.5, 0.6) is 0 Å². The molecule has 1 rings (SSSR count). The molecule has 0 aliphatic heterocycles. The van der Waals surface area contributed by atoms with Crippen molar-refractivity contribution < 1.29 is 14.6 Å². The summed E-state index contributed by atoms with van der Waals surface area (Å²) < 4.78 is 5.08. The molecule has 4 nitrogen and oxygen atoms in total. The molecule has 0 saturated heterocycles. The highest BCUT2D eigenvalue weighted by molar-refractivity contribution is 5.67. The third-order valence-electron chi connectivity index (χ3n) is 2.49. The van der Waals surface area contributed by atoms with Gasteiger partial charge in [-0.05, 0) is 33.6 Å². The first-order chi connectivity index (χ1) is 6.81. The Morgan fingerprint density at radius 1 is 1.40 bits per heavy atom. The van der Waals surface area contributed by atoms with Gasteiger partial charge in [-0.25, -0.2) is 4.79 Å². The molecule has 4 heteroatoms. The van der Waals surface area contributed by atoms with E-state index in [0.29, 0.717) is 6.54 Å². The Kier molecular flexibility index (Phi) is 3.60. The maximum Gasteiger partial charge on any atom is 0.407 e. The zero-order valence-corrected chi connectivity index (χ0v) is 9.80. The van der Waals surface area contributed by atoms with Crippen LogP contribution in [-0.4, -0.2) is 28.9 Å². The van der Waals surface area contributed by atoms with E-state index in [1.807, 2.05) is 20.8 Å². The van der Waals surface area contributed by atoms with Gasteiger partial charge in [0.2, 0.25) is 0 Å². The Bertz CT molecular complexity index is 226. The smallest absolute Gasteiger partial charge is 0.407 e. The number of nitrogens with one attached hydrogen (secondary N) is 1. The highest BCUT2D eigenvalue weighted by Gasteiger charge is 2.31. The van der Waals surface area contributed by atoms with Crippen molar-refractivity contribution in [1.82, 2.24) is 5.32 Å². The second kappa shape index (κ2) is 4.39. The minimum absolute atomic E-state index is 0.294. The van der Waals surface area contributed by atoms with Crippen molar-refractivity contribution in [2.75, 3.05) is 6.54 Å². The third-order valence-corrected chi connectivity index (χ3v) is 2.49. The Morgan fingerprint density at radius 3 is 2.40 bits per heavy atom. The molecule has 1 amide bonds. The zero-order chi connectivity index (χ0) is 11.5. The SMILES string of the molecule is CC(C)(C)OC(=O)NCC1(O)CCCC1. The van der Waals surface area contributed by atoms with E-state index < -0.39 is 17.3 Å². The van der Waals surface area contributed by atoms with E-state index >= 15 is 0 Å². The lowest BCUT2D eigenvalue weighted by atomic mass is 10.0. The van der Waals surface area contributed by atoms with Crippen molar-refractivity contribution >= 4 is 6.09 Å². The molecule has 1 fully saturated rings. The quantitative estimate of drug-likeness (QED) is 0.738. The van der Waals surface area contributed by atoms with Gasteiger partial charge in [-0.2, -0.15) is 0 Å². The number of carbonyl (C=O) groups is 1. The molecule has 1 saturated carbocycles. The van der Waals surface area contributed by atoms with E-state index in [1.54, 1.807) is 0 Å². The second-order valence-electron chi connectivity index (χ2n) is 5.29. The fourth-order valence-electron chi connectivity index (χ4n) is 1.76. The van der Waals surface area contributed by atoms with E-state index in [1.165, 1.54) is 0 Å². The summed E-state index contributed by atoms with van der Waals surface area (Å²) in [7, 11) is 0. The van der Waals surface area contributed by atoms with E-state index in [2.05, 4.69) is 5.32 Å². The summed E-state index contributed by atoms with van der Waals surface area (Å²) in [5.41, 5.74) is -1.20. The molecular weight excluding hydrogens is 194 g/mol. The monoisotopic (exact) mass is 215 g/mol. The van der Waals surface area contributed by atoms with Crippen LogP contribution >= 0.6 is 0 Å². The first-order valence-electron chi connectivity index (χ1n) is 5.50. The van der Waals surface area contributed by atoms with Gasteiger partial charge in [0, 0.05) is 6.54 Å². The predicted molar refractivity (Wildman–Crippen MR) is 57.7 cm³/mol. The van der Waals surface area contributed by atoms with Crippen molar-refractivity contribution in [3.8, 4) is 0 Å². The fraction of sp³-hybridized carbons (Fsp3) is 0.909. The lowest BCUT2D eigenvalue weighted by Gasteiger charge is -2.24. The molecule has 0 atom stereocenters. The maximum atomic E-state index is 11.3. The molecule has 0 radical (unpaired) electrons. The summed E-state index contributed by atoms with van der Waals surface area (Å²) >= 11 is 0. The van der Waals surface area contributed by atoms with Crippen LogP contribution in [0.25, 0.3) is 0 Å². The zero-order valence-electron chi connectivity index (χ0n) is 9.80. The topological polar surface area (TPSA) is 58.6 Å². The van der Waals surface area contributed by atoms with Crippen LogP contribution < -0.4 is 5.32 Å². The number of hydrogen-bond donors (Lipinski definition) is 2. The molecule has 0 unspecified atom stereocenters. The Balaban J connectivity index is 2.28. The first-order valence-corrected chi connectivity index (χ1v) is 5.50. The highest BCUT2D eigenvalue weighted by Crippen LogP contribution is 2.28. The molecule has 0 bridgehead atoms. The van der Waals surface area contributed by atoms with E-state index in [9.17, 15) is 9.90 Å². The van der Waals surface area contributed by atoms with Crippen LogP contribution in [0.15, 0.2) is 0 Å². The molecule has 1 aliphatic carbocycles. The van der Waals surface area contributed by atoms with Crippen molar-refractivity contribution in [3.63, 3.8) is 0 Å². The lowest BCUT2D eigenvalue weighted by Crippen LogP contribution is -2.42.